The maximum absolute atomic E-state index is 9.86. The van der Waals surface area contributed by atoms with E-state index in [1.165, 1.54) is 0 Å². The summed E-state index contributed by atoms with van der Waals surface area (Å²) in [4.78, 5) is 2.46. The molecule has 0 bridgehead atoms. The van der Waals surface area contributed by atoms with E-state index in [2.05, 4.69) is 10.0 Å². The zero-order valence-corrected chi connectivity index (χ0v) is 5.62. The van der Waals surface area contributed by atoms with E-state index in [4.69, 9.17) is 5.53 Å². The highest BCUT2D eigenvalue weighted by atomic mass is 32.2. The van der Waals surface area contributed by atoms with Gasteiger partial charge < -0.3 is 0 Å². The minimum Gasteiger partial charge on any atom is -0.232 e. The maximum Gasteiger partial charge on any atom is 0.140 e. The van der Waals surface area contributed by atoms with E-state index in [-0.39, 0.29) is 12.3 Å². The van der Waals surface area contributed by atoms with Gasteiger partial charge in [-0.1, -0.05) is 5.11 Å². The third-order valence-corrected chi connectivity index (χ3v) is 1.34. The summed E-state index contributed by atoms with van der Waals surface area (Å²) >= 11 is 0. The summed E-state index contributed by atoms with van der Waals surface area (Å²) in [5.74, 6) is 0.106. The van der Waals surface area contributed by atoms with Gasteiger partial charge in [0.1, 0.15) is 10.7 Å². The first-order chi connectivity index (χ1) is 4.27. The first kappa shape index (κ1) is 8.26. The second kappa shape index (κ2) is 5.40. The largest absolute Gasteiger partial charge is 0.232 e. The van der Waals surface area contributed by atoms with Crippen molar-refractivity contribution in [3.05, 3.63) is 10.4 Å². The molecule has 0 unspecified atom stereocenters. The Kier molecular flexibility index (Phi) is 4.95. The van der Waals surface area contributed by atoms with E-state index < -0.39 is 10.7 Å². The molecule has 0 spiro atoms. The molecule has 0 saturated carbocycles. The molecule has 0 fully saturated rings. The standard InChI is InChI=1S/C3H7N3O2S/c4-6-5-2-1-3-9(7)8/h9H,1-3H2. The van der Waals surface area contributed by atoms with Crippen LogP contribution in [0.3, 0.4) is 0 Å². The molecule has 0 aliphatic carbocycles. The Morgan fingerprint density at radius 2 is 2.22 bits per heavy atom. The van der Waals surface area contributed by atoms with Crippen LogP contribution in [0.4, 0.5) is 0 Å². The molecule has 0 amide bonds. The Bertz CT molecular complexity index is 173. The predicted molar refractivity (Wildman–Crippen MR) is 33.8 cm³/mol. The van der Waals surface area contributed by atoms with E-state index in [0.717, 1.165) is 0 Å². The van der Waals surface area contributed by atoms with Crippen LogP contribution in [-0.4, -0.2) is 20.7 Å². The lowest BCUT2D eigenvalue weighted by atomic mass is 10.5. The van der Waals surface area contributed by atoms with Crippen molar-refractivity contribution in [1.82, 2.24) is 0 Å². The third kappa shape index (κ3) is 7.26. The van der Waals surface area contributed by atoms with Crippen LogP contribution in [0.1, 0.15) is 6.42 Å². The van der Waals surface area contributed by atoms with E-state index in [1.54, 1.807) is 0 Å². The lowest BCUT2D eigenvalue weighted by Gasteiger charge is -1.82. The fraction of sp³-hybridized carbons (Fsp3) is 1.00. The molecule has 6 heteroatoms. The molecule has 0 aromatic carbocycles. The van der Waals surface area contributed by atoms with Gasteiger partial charge in [0.2, 0.25) is 0 Å². The molecule has 0 aromatic rings. The first-order valence-corrected chi connectivity index (χ1v) is 3.76. The van der Waals surface area contributed by atoms with Crippen LogP contribution in [0.2, 0.25) is 0 Å². The van der Waals surface area contributed by atoms with Gasteiger partial charge in [0.15, 0.2) is 0 Å². The van der Waals surface area contributed by atoms with Gasteiger partial charge in [-0.2, -0.15) is 0 Å². The van der Waals surface area contributed by atoms with Crippen LogP contribution in [0.25, 0.3) is 10.4 Å². The zero-order chi connectivity index (χ0) is 7.11. The topological polar surface area (TPSA) is 82.9 Å². The number of thiol groups is 1. The molecule has 0 atom stereocenters. The number of rotatable bonds is 4. The van der Waals surface area contributed by atoms with Gasteiger partial charge in [-0.3, -0.25) is 0 Å². The number of azide groups is 1. The van der Waals surface area contributed by atoms with Crippen molar-refractivity contribution in [2.24, 2.45) is 5.11 Å². The smallest absolute Gasteiger partial charge is 0.140 e. The van der Waals surface area contributed by atoms with Crippen molar-refractivity contribution < 1.29 is 8.42 Å². The first-order valence-electron chi connectivity index (χ1n) is 2.40. The molecule has 0 heterocycles. The molecular formula is C3H7N3O2S. The highest BCUT2D eigenvalue weighted by Gasteiger charge is 1.84. The summed E-state index contributed by atoms with van der Waals surface area (Å²) in [6.07, 6.45) is 0.419. The molecule has 5 nitrogen and oxygen atoms in total. The number of hydrogen-bond donors (Lipinski definition) is 1. The van der Waals surface area contributed by atoms with Crippen LogP contribution in [0, 0.1) is 0 Å². The number of nitrogens with zero attached hydrogens (tertiary/aromatic N) is 3. The summed E-state index contributed by atoms with van der Waals surface area (Å²) in [7, 11) is -2.30. The van der Waals surface area contributed by atoms with E-state index >= 15 is 0 Å². The molecule has 9 heavy (non-hydrogen) atoms. The highest BCUT2D eigenvalue weighted by Crippen LogP contribution is 1.80. The number of hydrogen-bond acceptors (Lipinski definition) is 3. The van der Waals surface area contributed by atoms with Gasteiger partial charge in [-0.25, -0.2) is 8.42 Å². The van der Waals surface area contributed by atoms with Crippen molar-refractivity contribution in [3.63, 3.8) is 0 Å². The molecule has 0 N–H and O–H groups in total. The summed E-state index contributed by atoms with van der Waals surface area (Å²) in [6.45, 7) is 0.264. The second-order valence-electron chi connectivity index (χ2n) is 1.36. The lowest BCUT2D eigenvalue weighted by molar-refractivity contribution is 0.612. The third-order valence-electron chi connectivity index (χ3n) is 0.662. The quantitative estimate of drug-likeness (QED) is 0.205. The molecule has 0 aliphatic rings. The molecule has 0 aliphatic heterocycles. The molecule has 0 radical (unpaired) electrons. The Balaban J connectivity index is 3.20. The summed E-state index contributed by atoms with van der Waals surface area (Å²) in [6, 6.07) is 0. The average molecular weight is 149 g/mol. The van der Waals surface area contributed by atoms with Gasteiger partial charge in [0.05, 0.1) is 0 Å². The fourth-order valence-corrected chi connectivity index (χ4v) is 0.715. The van der Waals surface area contributed by atoms with Gasteiger partial charge in [0.25, 0.3) is 0 Å². The van der Waals surface area contributed by atoms with E-state index in [0.29, 0.717) is 6.42 Å². The molecule has 52 valence electrons. The SMILES string of the molecule is [N-]=[N+]=NCCC[SH](=O)=O. The van der Waals surface area contributed by atoms with Crippen LogP contribution < -0.4 is 0 Å². The van der Waals surface area contributed by atoms with Crippen LogP contribution >= 0.6 is 0 Å². The Morgan fingerprint density at radius 3 is 2.67 bits per heavy atom. The predicted octanol–water partition coefficient (Wildman–Crippen LogP) is 0.298. The van der Waals surface area contributed by atoms with Crippen LogP contribution in [0.5, 0.6) is 0 Å². The molecule has 0 rings (SSSR count). The molecule has 0 saturated heterocycles. The van der Waals surface area contributed by atoms with Crippen LogP contribution in [0.15, 0.2) is 5.11 Å². The van der Waals surface area contributed by atoms with Crippen molar-refractivity contribution in [3.8, 4) is 0 Å². The maximum atomic E-state index is 9.86. The monoisotopic (exact) mass is 149 g/mol. The highest BCUT2D eigenvalue weighted by molar-refractivity contribution is 7.72. The summed E-state index contributed by atoms with van der Waals surface area (Å²) in [5.41, 5.74) is 7.74. The normalized spacial score (nSPS) is 9.00. The van der Waals surface area contributed by atoms with Gasteiger partial charge in [0, 0.05) is 17.2 Å². The molecular weight excluding hydrogens is 142 g/mol. The van der Waals surface area contributed by atoms with E-state index in [9.17, 15) is 8.42 Å². The Labute approximate surface area is 54.3 Å². The van der Waals surface area contributed by atoms with Crippen molar-refractivity contribution >= 4 is 10.7 Å². The Hall–Kier alpha value is -0.740. The lowest BCUT2D eigenvalue weighted by Crippen LogP contribution is -1.88. The minimum absolute atomic E-state index is 0.106. The molecule has 0 aromatic heterocycles. The second-order valence-corrected chi connectivity index (χ2v) is 2.48. The van der Waals surface area contributed by atoms with Crippen molar-refractivity contribution in [1.29, 1.82) is 0 Å². The minimum atomic E-state index is -2.30. The fourth-order valence-electron chi connectivity index (χ4n) is 0.315. The average Bonchev–Trinajstić information content (AvgIpc) is 1.80. The summed E-state index contributed by atoms with van der Waals surface area (Å²) in [5, 5.41) is 3.16. The van der Waals surface area contributed by atoms with Gasteiger partial charge in [-0.15, -0.1) is 0 Å². The van der Waals surface area contributed by atoms with Crippen LogP contribution in [-0.2, 0) is 10.7 Å². The Morgan fingerprint density at radius 1 is 1.56 bits per heavy atom. The zero-order valence-electron chi connectivity index (χ0n) is 4.73. The van der Waals surface area contributed by atoms with E-state index in [1.807, 2.05) is 0 Å². The van der Waals surface area contributed by atoms with Gasteiger partial charge >= 0.3 is 0 Å². The summed E-state index contributed by atoms with van der Waals surface area (Å²) < 4.78 is 19.7. The van der Waals surface area contributed by atoms with Crippen molar-refractivity contribution in [2.75, 3.05) is 12.3 Å². The van der Waals surface area contributed by atoms with Gasteiger partial charge in [-0.05, 0) is 12.0 Å². The van der Waals surface area contributed by atoms with Crippen molar-refractivity contribution in [2.45, 2.75) is 6.42 Å².